The molecule has 3 nitrogen and oxygen atoms in total. The minimum Gasteiger partial charge on any atom is -0.333 e. The molecular formula is C11H19N3S. The van der Waals surface area contributed by atoms with E-state index in [1.165, 1.54) is 24.3 Å². The molecule has 1 aliphatic rings. The topological polar surface area (TPSA) is 43.8 Å². The molecule has 15 heavy (non-hydrogen) atoms. The Kier molecular flexibility index (Phi) is 3.70. The molecule has 1 fully saturated rings. The van der Waals surface area contributed by atoms with Crippen LogP contribution in [-0.2, 0) is 6.54 Å². The first-order chi connectivity index (χ1) is 7.27. The SMILES string of the molecule is CC(N)c1cncn1CC1CCSCC1. The van der Waals surface area contributed by atoms with Gasteiger partial charge in [-0.3, -0.25) is 0 Å². The third kappa shape index (κ3) is 2.75. The third-order valence-electron chi connectivity index (χ3n) is 3.01. The summed E-state index contributed by atoms with van der Waals surface area (Å²) in [5.41, 5.74) is 7.06. The smallest absolute Gasteiger partial charge is 0.0948 e. The fraction of sp³-hybridized carbons (Fsp3) is 0.727. The second-order valence-corrected chi connectivity index (χ2v) is 5.54. The van der Waals surface area contributed by atoms with Crippen molar-refractivity contribution in [3.8, 4) is 0 Å². The lowest BCUT2D eigenvalue weighted by Gasteiger charge is -2.23. The van der Waals surface area contributed by atoms with Crippen molar-refractivity contribution < 1.29 is 0 Å². The predicted octanol–water partition coefficient (Wildman–Crippen LogP) is 2.05. The number of thioether (sulfide) groups is 1. The maximum atomic E-state index is 5.90. The molecule has 2 N–H and O–H groups in total. The third-order valence-corrected chi connectivity index (χ3v) is 4.06. The first-order valence-electron chi connectivity index (χ1n) is 5.60. The highest BCUT2D eigenvalue weighted by Gasteiger charge is 2.16. The van der Waals surface area contributed by atoms with Crippen LogP contribution in [0.15, 0.2) is 12.5 Å². The van der Waals surface area contributed by atoms with Crippen molar-refractivity contribution in [2.45, 2.75) is 32.4 Å². The monoisotopic (exact) mass is 225 g/mol. The molecule has 1 saturated heterocycles. The maximum absolute atomic E-state index is 5.90. The van der Waals surface area contributed by atoms with Gasteiger partial charge in [-0.05, 0) is 37.2 Å². The van der Waals surface area contributed by atoms with E-state index in [0.717, 1.165) is 18.2 Å². The van der Waals surface area contributed by atoms with E-state index in [9.17, 15) is 0 Å². The van der Waals surface area contributed by atoms with Crippen molar-refractivity contribution in [3.05, 3.63) is 18.2 Å². The molecule has 1 aromatic rings. The van der Waals surface area contributed by atoms with Gasteiger partial charge in [-0.25, -0.2) is 4.98 Å². The lowest BCUT2D eigenvalue weighted by atomic mass is 10.0. The van der Waals surface area contributed by atoms with Crippen LogP contribution in [-0.4, -0.2) is 21.1 Å². The Morgan fingerprint density at radius 3 is 3.00 bits per heavy atom. The van der Waals surface area contributed by atoms with E-state index in [4.69, 9.17) is 5.73 Å². The molecule has 0 saturated carbocycles. The number of rotatable bonds is 3. The van der Waals surface area contributed by atoms with Crippen molar-refractivity contribution in [1.29, 1.82) is 0 Å². The highest BCUT2D eigenvalue weighted by molar-refractivity contribution is 7.99. The molecule has 0 bridgehead atoms. The summed E-state index contributed by atoms with van der Waals surface area (Å²) >= 11 is 2.07. The van der Waals surface area contributed by atoms with E-state index >= 15 is 0 Å². The summed E-state index contributed by atoms with van der Waals surface area (Å²) in [6.45, 7) is 3.11. The normalized spacial score (nSPS) is 20.4. The first-order valence-corrected chi connectivity index (χ1v) is 6.76. The van der Waals surface area contributed by atoms with Gasteiger partial charge in [0.2, 0.25) is 0 Å². The Morgan fingerprint density at radius 2 is 2.33 bits per heavy atom. The number of hydrogen-bond acceptors (Lipinski definition) is 3. The lowest BCUT2D eigenvalue weighted by molar-refractivity contribution is 0.406. The van der Waals surface area contributed by atoms with Gasteiger partial charge in [0, 0.05) is 18.8 Å². The van der Waals surface area contributed by atoms with Crippen molar-refractivity contribution >= 4 is 11.8 Å². The Balaban J connectivity index is 1.99. The van der Waals surface area contributed by atoms with Gasteiger partial charge in [-0.15, -0.1) is 0 Å². The van der Waals surface area contributed by atoms with Gasteiger partial charge in [0.1, 0.15) is 0 Å². The summed E-state index contributed by atoms with van der Waals surface area (Å²) in [5.74, 6) is 3.44. The fourth-order valence-electron chi connectivity index (χ4n) is 2.07. The molecule has 1 aliphatic heterocycles. The number of nitrogens with two attached hydrogens (primary N) is 1. The lowest BCUT2D eigenvalue weighted by Crippen LogP contribution is -2.19. The number of imidazole rings is 1. The molecule has 4 heteroatoms. The highest BCUT2D eigenvalue weighted by Crippen LogP contribution is 2.25. The van der Waals surface area contributed by atoms with Crippen molar-refractivity contribution in [2.24, 2.45) is 11.7 Å². The Labute approximate surface area is 95.4 Å². The quantitative estimate of drug-likeness (QED) is 0.856. The molecule has 0 aromatic carbocycles. The second kappa shape index (κ2) is 5.03. The summed E-state index contributed by atoms with van der Waals surface area (Å²) in [4.78, 5) is 4.19. The minimum atomic E-state index is 0.0884. The Hall–Kier alpha value is -0.480. The van der Waals surface area contributed by atoms with Gasteiger partial charge in [0.25, 0.3) is 0 Å². The predicted molar refractivity (Wildman–Crippen MR) is 64.9 cm³/mol. The Bertz CT molecular complexity index is 303. The van der Waals surface area contributed by atoms with Gasteiger partial charge < -0.3 is 10.3 Å². The maximum Gasteiger partial charge on any atom is 0.0948 e. The van der Waals surface area contributed by atoms with Crippen molar-refractivity contribution in [3.63, 3.8) is 0 Å². The molecule has 0 radical (unpaired) electrons. The zero-order chi connectivity index (χ0) is 10.7. The van der Waals surface area contributed by atoms with Crippen LogP contribution in [0, 0.1) is 5.92 Å². The Morgan fingerprint density at radius 1 is 1.60 bits per heavy atom. The van der Waals surface area contributed by atoms with Gasteiger partial charge in [0.15, 0.2) is 0 Å². The molecule has 1 unspecified atom stereocenters. The van der Waals surface area contributed by atoms with Crippen LogP contribution >= 0.6 is 11.8 Å². The summed E-state index contributed by atoms with van der Waals surface area (Å²) in [6, 6.07) is 0.0884. The zero-order valence-electron chi connectivity index (χ0n) is 9.22. The summed E-state index contributed by atoms with van der Waals surface area (Å²) in [7, 11) is 0. The summed E-state index contributed by atoms with van der Waals surface area (Å²) < 4.78 is 2.23. The number of hydrogen-bond donors (Lipinski definition) is 1. The molecule has 2 heterocycles. The molecule has 0 aliphatic carbocycles. The van der Waals surface area contributed by atoms with Crippen LogP contribution in [0.25, 0.3) is 0 Å². The highest BCUT2D eigenvalue weighted by atomic mass is 32.2. The van der Waals surface area contributed by atoms with Gasteiger partial charge in [-0.1, -0.05) is 0 Å². The summed E-state index contributed by atoms with van der Waals surface area (Å²) in [5, 5.41) is 0. The number of nitrogens with zero attached hydrogens (tertiary/aromatic N) is 2. The zero-order valence-corrected chi connectivity index (χ0v) is 10.0. The molecular weight excluding hydrogens is 206 g/mol. The largest absolute Gasteiger partial charge is 0.333 e. The van der Waals surface area contributed by atoms with E-state index in [1.807, 2.05) is 19.4 Å². The van der Waals surface area contributed by atoms with Crippen LogP contribution < -0.4 is 5.73 Å². The molecule has 2 rings (SSSR count). The average Bonchev–Trinajstić information content (AvgIpc) is 2.67. The van der Waals surface area contributed by atoms with Crippen LogP contribution in [0.3, 0.4) is 0 Å². The van der Waals surface area contributed by atoms with Crippen LogP contribution in [0.1, 0.15) is 31.5 Å². The number of aromatic nitrogens is 2. The molecule has 0 spiro atoms. The van der Waals surface area contributed by atoms with Crippen LogP contribution in [0.2, 0.25) is 0 Å². The molecule has 0 amide bonds. The van der Waals surface area contributed by atoms with Gasteiger partial charge >= 0.3 is 0 Å². The molecule has 84 valence electrons. The van der Waals surface area contributed by atoms with E-state index in [0.29, 0.717) is 0 Å². The van der Waals surface area contributed by atoms with Gasteiger partial charge in [-0.2, -0.15) is 11.8 Å². The van der Waals surface area contributed by atoms with Crippen molar-refractivity contribution in [1.82, 2.24) is 9.55 Å². The van der Waals surface area contributed by atoms with E-state index in [2.05, 4.69) is 21.3 Å². The van der Waals surface area contributed by atoms with E-state index < -0.39 is 0 Å². The molecule has 1 aromatic heterocycles. The summed E-state index contributed by atoms with van der Waals surface area (Å²) in [6.07, 6.45) is 6.48. The second-order valence-electron chi connectivity index (χ2n) is 4.32. The molecule has 1 atom stereocenters. The minimum absolute atomic E-state index is 0.0884. The first kappa shape index (κ1) is 11.0. The van der Waals surface area contributed by atoms with Crippen LogP contribution in [0.5, 0.6) is 0 Å². The van der Waals surface area contributed by atoms with Crippen molar-refractivity contribution in [2.75, 3.05) is 11.5 Å². The standard InChI is InChI=1S/C11H19N3S/c1-9(12)11-6-13-8-14(11)7-10-2-4-15-5-3-10/h6,8-10H,2-5,7,12H2,1H3. The average molecular weight is 225 g/mol. The van der Waals surface area contributed by atoms with E-state index in [-0.39, 0.29) is 6.04 Å². The fourth-order valence-corrected chi connectivity index (χ4v) is 3.27. The van der Waals surface area contributed by atoms with Gasteiger partial charge in [0.05, 0.1) is 12.0 Å². The van der Waals surface area contributed by atoms with Crippen LogP contribution in [0.4, 0.5) is 0 Å². The van der Waals surface area contributed by atoms with E-state index in [1.54, 1.807) is 0 Å².